The monoisotopic (exact) mass is 655 g/mol. The fraction of sp³-hybridized carbons (Fsp3) is 0. The molecule has 0 fully saturated rings. The highest BCUT2D eigenvalue weighted by Gasteiger charge is 2.18. The lowest BCUT2D eigenvalue weighted by Gasteiger charge is -2.15. The molecule has 7 aromatic carbocycles. The summed E-state index contributed by atoms with van der Waals surface area (Å²) in [5.41, 5.74) is 10.7. The molecule has 0 saturated carbocycles. The number of thiophene rings is 1. The lowest BCUT2D eigenvalue weighted by atomic mass is 10.0. The molecule has 0 N–H and O–H groups in total. The van der Waals surface area contributed by atoms with Gasteiger partial charge in [-0.15, -0.1) is 11.3 Å². The van der Waals surface area contributed by atoms with Gasteiger partial charge in [0, 0.05) is 47.6 Å². The summed E-state index contributed by atoms with van der Waals surface area (Å²) >= 11 is 1.85. The van der Waals surface area contributed by atoms with Crippen molar-refractivity contribution in [1.29, 1.82) is 0 Å². The van der Waals surface area contributed by atoms with Crippen LogP contribution in [0.3, 0.4) is 0 Å². The van der Waals surface area contributed by atoms with Gasteiger partial charge in [-0.05, 0) is 47.5 Å². The molecule has 234 valence electrons. The molecule has 3 nitrogen and oxygen atoms in total. The number of nitrogens with zero attached hydrogens (tertiary/aromatic N) is 3. The van der Waals surface area contributed by atoms with Gasteiger partial charge in [-0.2, -0.15) is 0 Å². The van der Waals surface area contributed by atoms with Crippen molar-refractivity contribution in [2.24, 2.45) is 0 Å². The molecule has 4 heteroatoms. The first-order valence-corrected chi connectivity index (χ1v) is 17.6. The molecule has 10 aromatic rings. The number of benzene rings is 7. The van der Waals surface area contributed by atoms with Crippen molar-refractivity contribution in [2.75, 3.05) is 0 Å². The molecule has 0 aliphatic rings. The molecule has 0 spiro atoms. The number of fused-ring (bicyclic) bond motifs is 6. The molecule has 50 heavy (non-hydrogen) atoms. The van der Waals surface area contributed by atoms with E-state index in [9.17, 15) is 0 Å². The van der Waals surface area contributed by atoms with Crippen molar-refractivity contribution in [3.8, 4) is 50.7 Å². The Labute approximate surface area is 293 Å². The van der Waals surface area contributed by atoms with Crippen LogP contribution in [0.5, 0.6) is 0 Å². The summed E-state index contributed by atoms with van der Waals surface area (Å²) in [6.45, 7) is 0. The molecular weight excluding hydrogens is 627 g/mol. The van der Waals surface area contributed by atoms with E-state index in [4.69, 9.17) is 9.97 Å². The predicted octanol–water partition coefficient (Wildman–Crippen LogP) is 12.6. The van der Waals surface area contributed by atoms with Gasteiger partial charge < -0.3 is 4.57 Å². The first-order valence-electron chi connectivity index (χ1n) is 16.8. The first-order chi connectivity index (χ1) is 24.8. The highest BCUT2D eigenvalue weighted by molar-refractivity contribution is 7.25. The third kappa shape index (κ3) is 4.73. The number of para-hydroxylation sites is 3. The van der Waals surface area contributed by atoms with Crippen LogP contribution in [0.15, 0.2) is 176 Å². The number of aromatic nitrogens is 3. The van der Waals surface area contributed by atoms with Crippen molar-refractivity contribution >= 4 is 53.3 Å². The Morgan fingerprint density at radius 1 is 0.380 bits per heavy atom. The molecule has 0 saturated heterocycles. The first kappa shape index (κ1) is 28.6. The van der Waals surface area contributed by atoms with E-state index in [1.54, 1.807) is 0 Å². The lowest BCUT2D eigenvalue weighted by molar-refractivity contribution is 1.15. The number of rotatable bonds is 5. The van der Waals surface area contributed by atoms with E-state index in [-0.39, 0.29) is 0 Å². The third-order valence-electron chi connectivity index (χ3n) is 9.65. The van der Waals surface area contributed by atoms with Crippen LogP contribution >= 0.6 is 11.3 Å². The largest absolute Gasteiger partial charge is 0.309 e. The second-order valence-corrected chi connectivity index (χ2v) is 13.7. The van der Waals surface area contributed by atoms with Crippen molar-refractivity contribution in [3.63, 3.8) is 0 Å². The maximum atomic E-state index is 5.22. The average Bonchev–Trinajstić information content (AvgIpc) is 3.73. The molecule has 0 bridgehead atoms. The van der Waals surface area contributed by atoms with E-state index < -0.39 is 0 Å². The Bertz CT molecular complexity index is 2810. The van der Waals surface area contributed by atoms with Crippen LogP contribution in [-0.4, -0.2) is 14.5 Å². The molecule has 0 aliphatic carbocycles. The zero-order chi connectivity index (χ0) is 33.0. The Hall–Kier alpha value is -6.36. The van der Waals surface area contributed by atoms with E-state index in [1.165, 1.54) is 53.1 Å². The summed E-state index contributed by atoms with van der Waals surface area (Å²) in [5.74, 6) is 0.703. The highest BCUT2D eigenvalue weighted by Crippen LogP contribution is 2.39. The second-order valence-electron chi connectivity index (χ2n) is 12.6. The summed E-state index contributed by atoms with van der Waals surface area (Å²) in [5, 5.41) is 5.10. The SMILES string of the molecule is c1ccc(-c2nc(-c3ccc(-c4ccc5c(c4)sc4ccccc45)cc3)cc(-c3ccccc3-n3c4ccccc4c4ccccc43)n2)cc1. The molecule has 0 atom stereocenters. The van der Waals surface area contributed by atoms with Crippen molar-refractivity contribution in [3.05, 3.63) is 176 Å². The third-order valence-corrected chi connectivity index (χ3v) is 10.8. The van der Waals surface area contributed by atoms with Gasteiger partial charge >= 0.3 is 0 Å². The highest BCUT2D eigenvalue weighted by atomic mass is 32.1. The predicted molar refractivity (Wildman–Crippen MR) is 211 cm³/mol. The fourth-order valence-electron chi connectivity index (χ4n) is 7.26. The average molecular weight is 656 g/mol. The smallest absolute Gasteiger partial charge is 0.160 e. The maximum Gasteiger partial charge on any atom is 0.160 e. The molecule has 10 rings (SSSR count). The van der Waals surface area contributed by atoms with Crippen LogP contribution in [0.4, 0.5) is 0 Å². The molecule has 0 radical (unpaired) electrons. The minimum Gasteiger partial charge on any atom is -0.309 e. The minimum absolute atomic E-state index is 0.703. The summed E-state index contributed by atoms with van der Waals surface area (Å²) in [7, 11) is 0. The van der Waals surface area contributed by atoms with Gasteiger partial charge in [0.1, 0.15) is 0 Å². The minimum atomic E-state index is 0.703. The quantitative estimate of drug-likeness (QED) is 0.185. The van der Waals surface area contributed by atoms with Crippen molar-refractivity contribution < 1.29 is 0 Å². The van der Waals surface area contributed by atoms with Gasteiger partial charge in [-0.1, -0.05) is 140 Å². The maximum absolute atomic E-state index is 5.22. The van der Waals surface area contributed by atoms with Gasteiger partial charge in [0.25, 0.3) is 0 Å². The van der Waals surface area contributed by atoms with Gasteiger partial charge in [0.2, 0.25) is 0 Å². The Morgan fingerprint density at radius 3 is 1.74 bits per heavy atom. The van der Waals surface area contributed by atoms with Crippen LogP contribution in [0.25, 0.3) is 92.7 Å². The Kier molecular flexibility index (Phi) is 6.68. The summed E-state index contributed by atoms with van der Waals surface area (Å²) in [4.78, 5) is 10.4. The zero-order valence-corrected chi connectivity index (χ0v) is 27.8. The van der Waals surface area contributed by atoms with E-state index in [0.29, 0.717) is 5.82 Å². The van der Waals surface area contributed by atoms with Crippen LogP contribution in [0.1, 0.15) is 0 Å². The molecule has 0 amide bonds. The van der Waals surface area contributed by atoms with Crippen LogP contribution < -0.4 is 0 Å². The topological polar surface area (TPSA) is 30.7 Å². The Balaban J connectivity index is 1.11. The summed E-state index contributed by atoms with van der Waals surface area (Å²) < 4.78 is 5.00. The molecule has 3 heterocycles. The number of hydrogen-bond donors (Lipinski definition) is 0. The van der Waals surface area contributed by atoms with Crippen LogP contribution in [-0.2, 0) is 0 Å². The van der Waals surface area contributed by atoms with Crippen molar-refractivity contribution in [2.45, 2.75) is 0 Å². The van der Waals surface area contributed by atoms with E-state index in [1.807, 2.05) is 29.5 Å². The van der Waals surface area contributed by atoms with Gasteiger partial charge in [-0.3, -0.25) is 0 Å². The summed E-state index contributed by atoms with van der Waals surface area (Å²) in [6.07, 6.45) is 0. The second kappa shape index (κ2) is 11.7. The molecular formula is C46H29N3S. The van der Waals surface area contributed by atoms with Gasteiger partial charge in [0.05, 0.1) is 28.1 Å². The van der Waals surface area contributed by atoms with Crippen LogP contribution in [0.2, 0.25) is 0 Å². The molecule has 0 aliphatic heterocycles. The van der Waals surface area contributed by atoms with Crippen molar-refractivity contribution in [1.82, 2.24) is 14.5 Å². The van der Waals surface area contributed by atoms with Gasteiger partial charge in [-0.25, -0.2) is 9.97 Å². The van der Waals surface area contributed by atoms with E-state index >= 15 is 0 Å². The normalized spacial score (nSPS) is 11.6. The Morgan fingerprint density at radius 2 is 0.960 bits per heavy atom. The molecule has 3 aromatic heterocycles. The lowest BCUT2D eigenvalue weighted by Crippen LogP contribution is -2.00. The standard InChI is InChI=1S/C46H29N3S/c1-2-12-32(13-3-1)46-47-39(31-24-22-30(23-25-31)33-26-27-37-36-16-7-11-21-44(36)50-45(37)28-33)29-40(48-46)38-17-6-10-20-43(38)49-41-18-8-4-14-34(41)35-15-5-9-19-42(35)49/h1-29H. The van der Waals surface area contributed by atoms with Gasteiger partial charge in [0.15, 0.2) is 5.82 Å². The molecule has 0 unspecified atom stereocenters. The fourth-order valence-corrected chi connectivity index (χ4v) is 8.40. The van der Waals surface area contributed by atoms with E-state index in [2.05, 4.69) is 162 Å². The summed E-state index contributed by atoms with van der Waals surface area (Å²) in [6, 6.07) is 62.5. The number of hydrogen-bond acceptors (Lipinski definition) is 3. The van der Waals surface area contributed by atoms with E-state index in [0.717, 1.165) is 33.8 Å². The van der Waals surface area contributed by atoms with Crippen LogP contribution in [0, 0.1) is 0 Å². The zero-order valence-electron chi connectivity index (χ0n) is 27.0.